The number of para-hydroxylation sites is 1. The van der Waals surface area contributed by atoms with Crippen molar-refractivity contribution in [3.05, 3.63) is 29.3 Å². The molecule has 0 spiro atoms. The van der Waals surface area contributed by atoms with Gasteiger partial charge in [0.2, 0.25) is 0 Å². The number of hydrogen-bond acceptors (Lipinski definition) is 5. The molecule has 1 amide bonds. The summed E-state index contributed by atoms with van der Waals surface area (Å²) in [5.41, 5.74) is 1.09. The number of hydrogen-bond donors (Lipinski definition) is 1. The number of nitrogens with zero attached hydrogens (tertiary/aromatic N) is 4. The molecule has 0 saturated carbocycles. The highest BCUT2D eigenvalue weighted by Gasteiger charge is 2.30. The number of rotatable bonds is 6. The lowest BCUT2D eigenvalue weighted by atomic mass is 10.2. The van der Waals surface area contributed by atoms with Gasteiger partial charge in [-0.25, -0.2) is 4.98 Å². The predicted octanol–water partition coefficient (Wildman–Crippen LogP) is 2.52. The second-order valence-electron chi connectivity index (χ2n) is 7.73. The van der Waals surface area contributed by atoms with Crippen LogP contribution in [0.15, 0.2) is 29.3 Å². The first-order valence-electron chi connectivity index (χ1n) is 11.0. The number of thiazole rings is 1. The predicted molar refractivity (Wildman–Crippen MR) is 121 cm³/mol. The van der Waals surface area contributed by atoms with Crippen molar-refractivity contribution in [1.82, 2.24) is 20.1 Å². The van der Waals surface area contributed by atoms with Crippen molar-refractivity contribution >= 4 is 33.4 Å². The van der Waals surface area contributed by atoms with Crippen molar-refractivity contribution < 1.29 is 9.53 Å². The molecule has 2 aromatic rings. The van der Waals surface area contributed by atoms with Crippen molar-refractivity contribution in [3.8, 4) is 0 Å². The van der Waals surface area contributed by atoms with Gasteiger partial charge >= 0.3 is 0 Å². The molecule has 0 bridgehead atoms. The van der Waals surface area contributed by atoms with Crippen LogP contribution in [0.4, 0.5) is 0 Å². The molecule has 3 heterocycles. The maximum atomic E-state index is 12.5. The van der Waals surface area contributed by atoms with E-state index in [1.54, 1.807) is 11.3 Å². The highest BCUT2D eigenvalue weighted by molar-refractivity contribution is 7.18. The summed E-state index contributed by atoms with van der Waals surface area (Å²) in [7, 11) is 0. The van der Waals surface area contributed by atoms with E-state index in [0.29, 0.717) is 6.61 Å². The van der Waals surface area contributed by atoms with E-state index < -0.39 is 0 Å². The summed E-state index contributed by atoms with van der Waals surface area (Å²) in [4.78, 5) is 26.3. The van der Waals surface area contributed by atoms with Crippen molar-refractivity contribution in [1.29, 1.82) is 0 Å². The molecule has 2 saturated heterocycles. The maximum absolute atomic E-state index is 12.5. The van der Waals surface area contributed by atoms with E-state index in [0.717, 1.165) is 76.4 Å². The van der Waals surface area contributed by atoms with Crippen molar-refractivity contribution in [2.75, 3.05) is 45.9 Å². The normalized spacial score (nSPS) is 20.2. The lowest BCUT2D eigenvalue weighted by Crippen LogP contribution is -2.55. The molecule has 0 aliphatic carbocycles. The van der Waals surface area contributed by atoms with Crippen LogP contribution in [0, 0.1) is 0 Å². The summed E-state index contributed by atoms with van der Waals surface area (Å²) in [5.74, 6) is 1.11. The summed E-state index contributed by atoms with van der Waals surface area (Å²) in [6, 6.07) is 8.29. The maximum Gasteiger partial charge on any atom is 0.251 e. The number of piperazine rings is 1. The van der Waals surface area contributed by atoms with E-state index in [4.69, 9.17) is 14.7 Å². The van der Waals surface area contributed by atoms with Crippen LogP contribution in [-0.4, -0.2) is 78.6 Å². The van der Waals surface area contributed by atoms with Gasteiger partial charge in [-0.3, -0.25) is 9.79 Å². The minimum atomic E-state index is -0.221. The molecule has 0 radical (unpaired) electrons. The minimum absolute atomic E-state index is 0.157. The highest BCUT2D eigenvalue weighted by atomic mass is 32.1. The molecule has 2 aliphatic heterocycles. The van der Waals surface area contributed by atoms with Gasteiger partial charge in [0.25, 0.3) is 5.91 Å². The molecule has 30 heavy (non-hydrogen) atoms. The molecule has 4 rings (SSSR count). The minimum Gasteiger partial charge on any atom is -0.368 e. The number of guanidine groups is 1. The van der Waals surface area contributed by atoms with Crippen molar-refractivity contribution in [3.63, 3.8) is 0 Å². The molecule has 1 N–H and O–H groups in total. The number of aliphatic imine (C=N–C) groups is 1. The quantitative estimate of drug-likeness (QED) is 0.434. The molecule has 1 unspecified atom stereocenters. The fourth-order valence-corrected chi connectivity index (χ4v) is 4.99. The van der Waals surface area contributed by atoms with Crippen LogP contribution in [0.2, 0.25) is 0 Å². The molecule has 1 atom stereocenters. The number of carbonyl (C=O) groups is 1. The molecule has 162 valence electrons. The van der Waals surface area contributed by atoms with Gasteiger partial charge < -0.3 is 19.9 Å². The van der Waals surface area contributed by atoms with Crippen LogP contribution in [0.3, 0.4) is 0 Å². The molecule has 1 aromatic carbocycles. The average Bonchev–Trinajstić information content (AvgIpc) is 3.45. The summed E-state index contributed by atoms with van der Waals surface area (Å²) in [6.07, 6.45) is 3.56. The second kappa shape index (κ2) is 10.2. The van der Waals surface area contributed by atoms with Gasteiger partial charge in [-0.2, -0.15) is 0 Å². The number of fused-ring (bicyclic) bond motifs is 1. The van der Waals surface area contributed by atoms with Gasteiger partial charge in [-0.1, -0.05) is 12.1 Å². The number of aromatic nitrogens is 1. The summed E-state index contributed by atoms with van der Waals surface area (Å²) in [6.45, 7) is 7.49. The van der Waals surface area contributed by atoms with Gasteiger partial charge in [0.15, 0.2) is 5.96 Å². The fraction of sp³-hybridized carbons (Fsp3) is 0.591. The topological polar surface area (TPSA) is 70.1 Å². The Hall–Kier alpha value is -2.19. The first-order valence-corrected chi connectivity index (χ1v) is 11.8. The van der Waals surface area contributed by atoms with Gasteiger partial charge in [0.1, 0.15) is 6.10 Å². The Morgan fingerprint density at radius 1 is 1.27 bits per heavy atom. The summed E-state index contributed by atoms with van der Waals surface area (Å²) in [5, 5.41) is 4.58. The largest absolute Gasteiger partial charge is 0.368 e. The summed E-state index contributed by atoms with van der Waals surface area (Å²) >= 11 is 1.77. The van der Waals surface area contributed by atoms with Crippen LogP contribution in [0.1, 0.15) is 31.2 Å². The SMILES string of the molecule is CCNC(=NCCCc1nc2ccccc2s1)N1CCN(C(=O)C2CCCO2)CC1. The third-order valence-electron chi connectivity index (χ3n) is 5.58. The molecule has 2 aliphatic rings. The van der Waals surface area contributed by atoms with Crippen LogP contribution in [-0.2, 0) is 16.0 Å². The van der Waals surface area contributed by atoms with Gasteiger partial charge in [0, 0.05) is 52.3 Å². The average molecular weight is 430 g/mol. The zero-order valence-electron chi connectivity index (χ0n) is 17.7. The van der Waals surface area contributed by atoms with Gasteiger partial charge in [-0.15, -0.1) is 11.3 Å². The third-order valence-corrected chi connectivity index (χ3v) is 6.68. The lowest BCUT2D eigenvalue weighted by molar-refractivity contribution is -0.142. The molecule has 8 heteroatoms. The first-order chi connectivity index (χ1) is 14.7. The zero-order chi connectivity index (χ0) is 20.8. The van der Waals surface area contributed by atoms with Crippen LogP contribution in [0.5, 0.6) is 0 Å². The second-order valence-corrected chi connectivity index (χ2v) is 8.84. The number of aryl methyl sites for hydroxylation is 1. The Kier molecular flexibility index (Phi) is 7.17. The number of benzene rings is 1. The highest BCUT2D eigenvalue weighted by Crippen LogP contribution is 2.22. The number of nitrogens with one attached hydrogen (secondary N) is 1. The van der Waals surface area contributed by atoms with E-state index in [2.05, 4.69) is 35.3 Å². The molecule has 1 aromatic heterocycles. The van der Waals surface area contributed by atoms with E-state index >= 15 is 0 Å². The Morgan fingerprint density at radius 2 is 2.07 bits per heavy atom. The van der Waals surface area contributed by atoms with Crippen LogP contribution < -0.4 is 5.32 Å². The Labute approximate surface area is 182 Å². The molecule has 2 fully saturated rings. The zero-order valence-corrected chi connectivity index (χ0v) is 18.5. The van der Waals surface area contributed by atoms with Gasteiger partial charge in [-0.05, 0) is 38.3 Å². The molecule has 7 nitrogen and oxygen atoms in total. The number of carbonyl (C=O) groups excluding carboxylic acids is 1. The van der Waals surface area contributed by atoms with E-state index in [1.807, 2.05) is 11.0 Å². The van der Waals surface area contributed by atoms with Gasteiger partial charge in [0.05, 0.1) is 15.2 Å². The smallest absolute Gasteiger partial charge is 0.251 e. The first kappa shape index (κ1) is 21.1. The monoisotopic (exact) mass is 429 g/mol. The van der Waals surface area contributed by atoms with E-state index in [-0.39, 0.29) is 12.0 Å². The molecular weight excluding hydrogens is 398 g/mol. The Morgan fingerprint density at radius 3 is 2.80 bits per heavy atom. The van der Waals surface area contributed by atoms with Crippen molar-refractivity contribution in [2.24, 2.45) is 4.99 Å². The number of ether oxygens (including phenoxy) is 1. The number of amides is 1. The molecular formula is C22H31N5O2S. The van der Waals surface area contributed by atoms with Crippen LogP contribution >= 0.6 is 11.3 Å². The van der Waals surface area contributed by atoms with E-state index in [9.17, 15) is 4.79 Å². The van der Waals surface area contributed by atoms with Crippen LogP contribution in [0.25, 0.3) is 10.2 Å². The fourth-order valence-electron chi connectivity index (χ4n) is 3.98. The summed E-state index contributed by atoms with van der Waals surface area (Å²) < 4.78 is 6.81. The van der Waals surface area contributed by atoms with E-state index in [1.165, 1.54) is 9.71 Å². The Bertz CT molecular complexity index is 836. The third kappa shape index (κ3) is 5.10. The van der Waals surface area contributed by atoms with Crippen molar-refractivity contribution in [2.45, 2.75) is 38.7 Å². The lowest BCUT2D eigenvalue weighted by Gasteiger charge is -2.37. The Balaban J connectivity index is 1.26. The standard InChI is InChI=1S/C22H31N5O2S/c1-2-23-22(24-11-5-10-20-25-17-7-3-4-9-19(17)30-20)27-14-12-26(13-15-27)21(28)18-8-6-16-29-18/h3-4,7,9,18H,2,5-6,8,10-16H2,1H3,(H,23,24).